The summed E-state index contributed by atoms with van der Waals surface area (Å²) in [5, 5.41) is 25.8. The van der Waals surface area contributed by atoms with Gasteiger partial charge in [-0.15, -0.1) is 10.2 Å². The van der Waals surface area contributed by atoms with Crippen molar-refractivity contribution in [3.8, 4) is 0 Å². The number of anilines is 1. The minimum Gasteiger partial charge on any atom is -0.342 e. The normalized spacial score (nSPS) is 11.8. The molecule has 0 bridgehead atoms. The third kappa shape index (κ3) is 6.44. The first-order chi connectivity index (χ1) is 16.6. The monoisotopic (exact) mass is 496 g/mol. The van der Waals surface area contributed by atoms with Gasteiger partial charge in [-0.3, -0.25) is 19.7 Å². The average Bonchev–Trinajstić information content (AvgIpc) is 3.16. The van der Waals surface area contributed by atoms with E-state index in [-0.39, 0.29) is 35.2 Å². The van der Waals surface area contributed by atoms with Gasteiger partial charge < -0.3 is 15.2 Å². The molecule has 0 saturated heterocycles. The van der Waals surface area contributed by atoms with Gasteiger partial charge in [-0.1, -0.05) is 49.4 Å². The van der Waals surface area contributed by atoms with Gasteiger partial charge in [0.2, 0.25) is 5.91 Å². The quantitative estimate of drug-likeness (QED) is 0.258. The van der Waals surface area contributed by atoms with Crippen molar-refractivity contribution in [1.82, 2.24) is 20.1 Å². The van der Waals surface area contributed by atoms with Gasteiger partial charge in [0.1, 0.15) is 0 Å². The second-order valence-electron chi connectivity index (χ2n) is 8.56. The number of aryl methyl sites for hydroxylation is 2. The molecular formula is C24H28N6O4S. The number of rotatable bonds is 9. The van der Waals surface area contributed by atoms with Crippen molar-refractivity contribution in [3.63, 3.8) is 0 Å². The van der Waals surface area contributed by atoms with Crippen LogP contribution in [0.2, 0.25) is 0 Å². The fourth-order valence-corrected chi connectivity index (χ4v) is 4.19. The number of nitro groups is 1. The van der Waals surface area contributed by atoms with Crippen LogP contribution in [-0.2, 0) is 11.8 Å². The van der Waals surface area contributed by atoms with Crippen molar-refractivity contribution in [2.24, 2.45) is 13.0 Å². The Labute approximate surface area is 207 Å². The lowest BCUT2D eigenvalue weighted by Gasteiger charge is -2.21. The van der Waals surface area contributed by atoms with E-state index >= 15 is 0 Å². The van der Waals surface area contributed by atoms with Crippen molar-refractivity contribution in [2.45, 2.75) is 38.9 Å². The number of aromatic nitrogens is 3. The number of carbonyl (C=O) groups excluding carboxylic acids is 2. The van der Waals surface area contributed by atoms with E-state index in [9.17, 15) is 19.7 Å². The van der Waals surface area contributed by atoms with E-state index in [1.807, 2.05) is 39.0 Å². The molecule has 0 spiro atoms. The Morgan fingerprint density at radius 3 is 2.54 bits per heavy atom. The molecule has 35 heavy (non-hydrogen) atoms. The fraction of sp³-hybridized carbons (Fsp3) is 0.333. The van der Waals surface area contributed by atoms with E-state index in [2.05, 4.69) is 20.8 Å². The molecule has 0 saturated carbocycles. The Bertz CT molecular complexity index is 1260. The summed E-state index contributed by atoms with van der Waals surface area (Å²) < 4.78 is 1.76. The first kappa shape index (κ1) is 25.9. The molecule has 0 aliphatic heterocycles. The largest absolute Gasteiger partial charge is 0.342 e. The number of carbonyl (C=O) groups is 2. The third-order valence-corrected chi connectivity index (χ3v) is 6.42. The smallest absolute Gasteiger partial charge is 0.274 e. The first-order valence-corrected chi connectivity index (χ1v) is 12.0. The van der Waals surface area contributed by atoms with Crippen molar-refractivity contribution in [3.05, 3.63) is 75.1 Å². The summed E-state index contributed by atoms with van der Waals surface area (Å²) in [6, 6.07) is 11.5. The molecule has 3 aromatic rings. The highest BCUT2D eigenvalue weighted by molar-refractivity contribution is 7.99. The van der Waals surface area contributed by atoms with Gasteiger partial charge >= 0.3 is 0 Å². The zero-order chi connectivity index (χ0) is 25.7. The van der Waals surface area contributed by atoms with E-state index in [0.29, 0.717) is 27.8 Å². The summed E-state index contributed by atoms with van der Waals surface area (Å²) in [6.07, 6.45) is 0. The minimum atomic E-state index is -0.482. The lowest BCUT2D eigenvalue weighted by Crippen LogP contribution is -2.33. The zero-order valence-electron chi connectivity index (χ0n) is 20.2. The van der Waals surface area contributed by atoms with Gasteiger partial charge in [0.15, 0.2) is 11.0 Å². The highest BCUT2D eigenvalue weighted by atomic mass is 32.2. The Morgan fingerprint density at radius 2 is 1.89 bits per heavy atom. The predicted octanol–water partition coefficient (Wildman–Crippen LogP) is 4.20. The fourth-order valence-electron chi connectivity index (χ4n) is 3.47. The third-order valence-electron chi connectivity index (χ3n) is 5.40. The maximum Gasteiger partial charge on any atom is 0.274 e. The molecule has 1 atom stereocenters. The maximum absolute atomic E-state index is 12.8. The number of thioether (sulfide) groups is 1. The minimum absolute atomic E-state index is 0.0373. The molecule has 1 heterocycles. The van der Waals surface area contributed by atoms with Crippen LogP contribution in [0.15, 0.2) is 47.6 Å². The summed E-state index contributed by atoms with van der Waals surface area (Å²) in [6.45, 7) is 7.53. The molecule has 0 fully saturated rings. The number of amides is 2. The summed E-state index contributed by atoms with van der Waals surface area (Å²) in [5.41, 5.74) is 2.38. The number of nitrogens with one attached hydrogen (secondary N) is 2. The number of nitrogens with zero attached hydrogens (tertiary/aromatic N) is 4. The van der Waals surface area contributed by atoms with Crippen LogP contribution in [-0.4, -0.2) is 37.3 Å². The molecular weight excluding hydrogens is 468 g/mol. The van der Waals surface area contributed by atoms with Crippen LogP contribution in [0.5, 0.6) is 0 Å². The van der Waals surface area contributed by atoms with Crippen molar-refractivity contribution >= 4 is 35.0 Å². The van der Waals surface area contributed by atoms with Crippen LogP contribution < -0.4 is 10.6 Å². The van der Waals surface area contributed by atoms with E-state index in [1.54, 1.807) is 36.7 Å². The van der Waals surface area contributed by atoms with Crippen LogP contribution in [0.25, 0.3) is 0 Å². The number of benzene rings is 2. The SMILES string of the molecule is Cc1cccc(C(=O)N[C@H](c2nnc(SCC(=O)Nc3ccc(C)c([N+](=O)[O-])c3)n2C)C(C)C)c1. The Hall–Kier alpha value is -3.73. The van der Waals surface area contributed by atoms with Gasteiger partial charge in [-0.2, -0.15) is 0 Å². The van der Waals surface area contributed by atoms with Gasteiger partial charge in [-0.25, -0.2) is 0 Å². The molecule has 2 aromatic carbocycles. The number of nitro benzene ring substituents is 1. The van der Waals surface area contributed by atoms with Crippen molar-refractivity contribution in [2.75, 3.05) is 11.1 Å². The van der Waals surface area contributed by atoms with E-state index < -0.39 is 4.92 Å². The topological polar surface area (TPSA) is 132 Å². The Kier molecular flexibility index (Phi) is 8.23. The van der Waals surface area contributed by atoms with Crippen LogP contribution >= 0.6 is 11.8 Å². The average molecular weight is 497 g/mol. The second-order valence-corrected chi connectivity index (χ2v) is 9.50. The van der Waals surface area contributed by atoms with Crippen LogP contribution in [0.4, 0.5) is 11.4 Å². The summed E-state index contributed by atoms with van der Waals surface area (Å²) in [4.78, 5) is 35.9. The van der Waals surface area contributed by atoms with Crippen LogP contribution in [0, 0.1) is 29.9 Å². The zero-order valence-corrected chi connectivity index (χ0v) is 21.0. The molecule has 2 amide bonds. The highest BCUT2D eigenvalue weighted by Gasteiger charge is 2.25. The van der Waals surface area contributed by atoms with Gasteiger partial charge in [-0.05, 0) is 38.0 Å². The van der Waals surface area contributed by atoms with Crippen LogP contribution in [0.1, 0.15) is 47.2 Å². The number of hydrogen-bond acceptors (Lipinski definition) is 7. The van der Waals surface area contributed by atoms with E-state index in [0.717, 1.165) is 5.56 Å². The summed E-state index contributed by atoms with van der Waals surface area (Å²) >= 11 is 1.19. The Balaban J connectivity index is 1.67. The first-order valence-electron chi connectivity index (χ1n) is 11.0. The standard InChI is InChI=1S/C24H28N6O4S/c1-14(2)21(26-23(32)17-8-6-7-15(3)11-17)22-27-28-24(29(22)5)35-13-20(31)25-18-10-9-16(4)19(12-18)30(33)34/h6-12,14,21H,13H2,1-5H3,(H,25,31)(H,26,32)/t21-/m0/s1. The molecule has 3 rings (SSSR count). The van der Waals surface area contributed by atoms with Crippen LogP contribution in [0.3, 0.4) is 0 Å². The molecule has 0 radical (unpaired) electrons. The molecule has 2 N–H and O–H groups in total. The van der Waals surface area contributed by atoms with Gasteiger partial charge in [0.25, 0.3) is 11.6 Å². The molecule has 184 valence electrons. The molecule has 0 unspecified atom stereocenters. The summed E-state index contributed by atoms with van der Waals surface area (Å²) in [5.74, 6) is 0.139. The van der Waals surface area contributed by atoms with Gasteiger partial charge in [0, 0.05) is 29.9 Å². The van der Waals surface area contributed by atoms with E-state index in [4.69, 9.17) is 0 Å². The molecule has 1 aromatic heterocycles. The van der Waals surface area contributed by atoms with E-state index in [1.165, 1.54) is 17.8 Å². The number of hydrogen-bond donors (Lipinski definition) is 2. The summed E-state index contributed by atoms with van der Waals surface area (Å²) in [7, 11) is 1.78. The molecule has 0 aliphatic rings. The van der Waals surface area contributed by atoms with Crippen molar-refractivity contribution < 1.29 is 14.5 Å². The van der Waals surface area contributed by atoms with Crippen molar-refractivity contribution in [1.29, 1.82) is 0 Å². The maximum atomic E-state index is 12.8. The highest BCUT2D eigenvalue weighted by Crippen LogP contribution is 2.26. The lowest BCUT2D eigenvalue weighted by molar-refractivity contribution is -0.385. The molecule has 0 aliphatic carbocycles. The predicted molar refractivity (Wildman–Crippen MR) is 134 cm³/mol. The second kappa shape index (κ2) is 11.1. The lowest BCUT2D eigenvalue weighted by atomic mass is 10.0. The Morgan fingerprint density at radius 1 is 1.14 bits per heavy atom. The molecule has 10 nitrogen and oxygen atoms in total. The van der Waals surface area contributed by atoms with Gasteiger partial charge in [0.05, 0.1) is 16.7 Å². The molecule has 11 heteroatoms.